The topological polar surface area (TPSA) is 279 Å². The molecule has 0 saturated heterocycles. The lowest BCUT2D eigenvalue weighted by atomic mass is 9.93. The van der Waals surface area contributed by atoms with Crippen molar-refractivity contribution in [2.75, 3.05) is 85.5 Å². The summed E-state index contributed by atoms with van der Waals surface area (Å²) in [4.78, 5) is 179. The third-order valence-electron chi connectivity index (χ3n) is 26.9. The number of ketones is 7. The van der Waals surface area contributed by atoms with Crippen molar-refractivity contribution in [2.45, 2.75) is 53.1 Å². The normalized spacial score (nSPS) is 13.2. The van der Waals surface area contributed by atoms with Crippen LogP contribution in [0.15, 0.2) is 310 Å². The molecule has 2 unspecified atom stereocenters. The van der Waals surface area contributed by atoms with Gasteiger partial charge in [0, 0.05) is 133 Å². The maximum absolute atomic E-state index is 13.4. The molecule has 7 aliphatic rings. The van der Waals surface area contributed by atoms with Gasteiger partial charge in [0.15, 0.2) is 40.5 Å². The highest BCUT2D eigenvalue weighted by Crippen LogP contribution is 2.47. The lowest BCUT2D eigenvalue weighted by molar-refractivity contribution is -0.310. The number of benzene rings is 14. The van der Waals surface area contributed by atoms with Gasteiger partial charge in [0.25, 0.3) is 0 Å². The van der Waals surface area contributed by atoms with Gasteiger partial charge in [-0.05, 0) is 121 Å². The molecular formula is C119H98N2O21. The summed E-state index contributed by atoms with van der Waals surface area (Å²) in [5.41, 5.74) is 24.7. The first-order chi connectivity index (χ1) is 69.6. The Labute approximate surface area is 819 Å². The monoisotopic (exact) mass is 1890 g/mol. The van der Waals surface area contributed by atoms with Crippen LogP contribution in [0.3, 0.4) is 0 Å². The summed E-state index contributed by atoms with van der Waals surface area (Å²) in [5, 5.41) is 0. The van der Waals surface area contributed by atoms with Crippen molar-refractivity contribution < 1.29 is 101 Å². The van der Waals surface area contributed by atoms with E-state index in [1.54, 1.807) is 72.8 Å². The Hall–Kier alpha value is -15.5. The van der Waals surface area contributed by atoms with E-state index in [0.717, 1.165) is 96.4 Å². The Bertz CT molecular complexity index is 7240. The highest BCUT2D eigenvalue weighted by atomic mass is 17.2. The molecule has 0 aromatic heterocycles. The van der Waals surface area contributed by atoms with Gasteiger partial charge in [-0.25, -0.2) is 53.5 Å². The van der Waals surface area contributed by atoms with Crippen molar-refractivity contribution in [3.05, 3.63) is 427 Å². The van der Waals surface area contributed by atoms with E-state index in [1.807, 2.05) is 242 Å². The molecule has 0 radical (unpaired) electrons. The first-order valence-electron chi connectivity index (χ1n) is 47.5. The van der Waals surface area contributed by atoms with Crippen LogP contribution < -0.4 is 0 Å². The molecule has 0 aliphatic heterocycles. The van der Waals surface area contributed by atoms with Crippen LogP contribution in [0.25, 0.3) is 77.9 Å². The van der Waals surface area contributed by atoms with Crippen LogP contribution in [0.4, 0.5) is 0 Å². The van der Waals surface area contributed by atoms with Crippen molar-refractivity contribution in [3.63, 3.8) is 0 Å². The van der Waals surface area contributed by atoms with Gasteiger partial charge in [0.05, 0.1) is 49.7 Å². The summed E-state index contributed by atoms with van der Waals surface area (Å²) in [7, 11) is 0. The van der Waals surface area contributed by atoms with Crippen LogP contribution >= 0.6 is 0 Å². The molecule has 0 spiro atoms. The largest absolute Gasteiger partial charge is 0.462 e. The third kappa shape index (κ3) is 19.3. The smallest absolute Gasteiger partial charge is 0.338 e. The highest BCUT2D eigenvalue weighted by Gasteiger charge is 2.38. The van der Waals surface area contributed by atoms with Gasteiger partial charge >= 0.3 is 17.9 Å². The van der Waals surface area contributed by atoms with E-state index in [2.05, 4.69) is 18.4 Å². The molecule has 2 atom stereocenters. The number of carbonyl (C=O) groups excluding carboxylic acids is 10. The van der Waals surface area contributed by atoms with Gasteiger partial charge in [0.1, 0.15) is 39.6 Å². The summed E-state index contributed by atoms with van der Waals surface area (Å²) >= 11 is 0. The van der Waals surface area contributed by atoms with Crippen molar-refractivity contribution >= 4 is 58.4 Å². The fraction of sp³-hybridized carbons (Fsp3) is 0.193. The van der Waals surface area contributed by atoms with Gasteiger partial charge in [-0.15, -0.1) is 6.58 Å². The summed E-state index contributed by atoms with van der Waals surface area (Å²) < 4.78 is 17.2. The molecule has 0 bridgehead atoms. The SMILES string of the molecule is C=CC(COOCc1cccc2c1-c1ccccc1C2=O)CC(CC)COC(=O)c1cccc2c1-c1ccccc1C2=O.CCN(CCOOCc1cccc2c1-c1ccccc1C2=O)CCOC(=O)c1cccc2c1-c1ccccc1C2=O.O=C1c2ccccc2-c2c(COOCCN(CCOOCc3cccc4c3-c3ccccc3C4=O)CCOC(=O)c3cccc4c3-c3ccccc3C4=O)cccc21. The summed E-state index contributed by atoms with van der Waals surface area (Å²) in [6.45, 7) is 13.3. The molecule has 23 heteroatoms. The number of hydrogen-bond acceptors (Lipinski definition) is 23. The molecule has 0 amide bonds. The predicted molar refractivity (Wildman–Crippen MR) is 532 cm³/mol. The molecule has 142 heavy (non-hydrogen) atoms. The number of fused-ring (bicyclic) bond motifs is 21. The molecule has 710 valence electrons. The van der Waals surface area contributed by atoms with Crippen molar-refractivity contribution in [1.82, 2.24) is 9.80 Å². The molecular weight excluding hydrogens is 1790 g/mol. The lowest BCUT2D eigenvalue weighted by Gasteiger charge is -2.22. The summed E-state index contributed by atoms with van der Waals surface area (Å²) in [6.07, 6.45) is 3.33. The Morgan fingerprint density at radius 1 is 0.254 bits per heavy atom. The maximum atomic E-state index is 13.4. The minimum atomic E-state index is -0.522. The van der Waals surface area contributed by atoms with Crippen LogP contribution in [0.5, 0.6) is 0 Å². The molecule has 23 nitrogen and oxygen atoms in total. The number of hydrogen-bond donors (Lipinski definition) is 0. The van der Waals surface area contributed by atoms with Crippen LogP contribution in [-0.2, 0) is 79.7 Å². The average molecular weight is 1890 g/mol. The Morgan fingerprint density at radius 3 is 0.768 bits per heavy atom. The second kappa shape index (κ2) is 43.5. The van der Waals surface area contributed by atoms with E-state index in [0.29, 0.717) is 164 Å². The molecule has 0 heterocycles. The van der Waals surface area contributed by atoms with Crippen LogP contribution in [0.2, 0.25) is 0 Å². The Morgan fingerprint density at radius 2 is 0.486 bits per heavy atom. The van der Waals surface area contributed by atoms with Crippen molar-refractivity contribution in [3.8, 4) is 77.9 Å². The van der Waals surface area contributed by atoms with E-state index in [-0.39, 0.29) is 112 Å². The van der Waals surface area contributed by atoms with Gasteiger partial charge in [-0.3, -0.25) is 43.4 Å². The third-order valence-corrected chi connectivity index (χ3v) is 26.9. The molecule has 21 rings (SSSR count). The Balaban J connectivity index is 0.000000138. The first kappa shape index (κ1) is 95.4. The minimum Gasteiger partial charge on any atom is -0.462 e. The molecule has 0 N–H and O–H groups in total. The van der Waals surface area contributed by atoms with Crippen LogP contribution in [0.1, 0.15) is 191 Å². The fourth-order valence-corrected chi connectivity index (χ4v) is 19.8. The molecule has 14 aromatic carbocycles. The first-order valence-corrected chi connectivity index (χ1v) is 47.5. The standard InChI is InChI=1S/C48H37NO9.C37H32O6.C34H29NO6/c50-45-35-15-4-1-12-32(35)42-30(10-7-18-38(42)45)28-57-55-26-23-49(22-25-54-48(53)41-21-9-20-40-44(41)34-14-3-6-17-37(34)47(40)52)24-27-56-58-29-31-11-8-19-39-43(31)33-13-2-5-16-36(33)46(39)51;1-3-23(20-41-37(40)32-18-10-17-31-34(32)27-13-6-8-15-29(27)36(31)39)19-24(4-2)21-42-43-22-25-11-9-16-30-33(25)26-12-5-7-14-28(26)35(30)38;1-2-35(17-19-39-34(38)29-16-8-15-28-31(29)24-11-4-6-13-26(24)33(28)37)18-20-40-41-21-22-9-7-14-27-30(22)23-10-3-5-12-25(23)32(27)36/h1-21H,22-29H2;4-18,23-24H,2-3,19-22H2,1H3;3-16H,2,17-21H2,1H3. The van der Waals surface area contributed by atoms with Gasteiger partial charge in [-0.1, -0.05) is 305 Å². The van der Waals surface area contributed by atoms with E-state index in [9.17, 15) is 47.9 Å². The number of likely N-dealkylation sites (N-methyl/N-ethyl adjacent to an activating group) is 1. The van der Waals surface area contributed by atoms with Crippen molar-refractivity contribution in [2.24, 2.45) is 11.8 Å². The molecule has 7 aliphatic carbocycles. The summed E-state index contributed by atoms with van der Waals surface area (Å²) in [6, 6.07) is 90.2. The van der Waals surface area contributed by atoms with Crippen LogP contribution in [-0.4, -0.2) is 154 Å². The van der Waals surface area contributed by atoms with Crippen molar-refractivity contribution in [1.29, 1.82) is 0 Å². The zero-order valence-electron chi connectivity index (χ0n) is 78.1. The van der Waals surface area contributed by atoms with E-state index in [4.69, 9.17) is 53.3 Å². The second-order valence-corrected chi connectivity index (χ2v) is 35.1. The van der Waals surface area contributed by atoms with E-state index >= 15 is 0 Å². The Kier molecular flexibility index (Phi) is 29.2. The average Bonchev–Trinajstić information content (AvgIpc) is 1.64. The number of rotatable bonds is 39. The zero-order valence-corrected chi connectivity index (χ0v) is 78.1. The van der Waals surface area contributed by atoms with Gasteiger partial charge < -0.3 is 14.2 Å². The number of ether oxygens (including phenoxy) is 3. The predicted octanol–water partition coefficient (Wildman–Crippen LogP) is 21.4. The van der Waals surface area contributed by atoms with E-state index in [1.165, 1.54) is 0 Å². The van der Waals surface area contributed by atoms with Gasteiger partial charge in [0.2, 0.25) is 0 Å². The van der Waals surface area contributed by atoms with Gasteiger partial charge in [-0.2, -0.15) is 0 Å². The number of esters is 3. The lowest BCUT2D eigenvalue weighted by Crippen LogP contribution is -2.34. The highest BCUT2D eigenvalue weighted by molar-refractivity contribution is 6.28. The zero-order chi connectivity index (χ0) is 97.9. The van der Waals surface area contributed by atoms with E-state index < -0.39 is 17.9 Å². The minimum absolute atomic E-state index is 0.000948. The quantitative estimate of drug-likeness (QED) is 0.00864. The summed E-state index contributed by atoms with van der Waals surface area (Å²) in [5.74, 6) is -1.53. The maximum Gasteiger partial charge on any atom is 0.338 e. The van der Waals surface area contributed by atoms with Crippen LogP contribution in [0, 0.1) is 11.8 Å². The fourth-order valence-electron chi connectivity index (χ4n) is 19.8. The number of carbonyl (C=O) groups is 10. The molecule has 0 fully saturated rings. The molecule has 14 aromatic rings. The molecule has 0 saturated carbocycles. The second-order valence-electron chi connectivity index (χ2n) is 35.1. The number of nitrogens with zero attached hydrogens (tertiary/aromatic N) is 2.